The van der Waals surface area contributed by atoms with E-state index in [4.69, 9.17) is 4.74 Å². The molecule has 2 N–H and O–H groups in total. The third-order valence-electron chi connectivity index (χ3n) is 3.59. The van der Waals surface area contributed by atoms with Crippen molar-refractivity contribution in [3.05, 3.63) is 66.2 Å². The highest BCUT2D eigenvalue weighted by molar-refractivity contribution is 6.05. The van der Waals surface area contributed by atoms with Gasteiger partial charge in [-0.25, -0.2) is 14.4 Å². The summed E-state index contributed by atoms with van der Waals surface area (Å²) in [6.07, 6.45) is 6.08. The number of aromatic nitrogens is 3. The number of rotatable bonds is 7. The van der Waals surface area contributed by atoms with E-state index in [0.717, 1.165) is 0 Å². The molecule has 0 radical (unpaired) electrons. The molecule has 0 unspecified atom stereocenters. The Morgan fingerprint density at radius 3 is 2.74 bits per heavy atom. The number of carbonyl (C=O) groups excluding carboxylic acids is 1. The normalized spacial score (nSPS) is 10.3. The first kappa shape index (κ1) is 18.2. The van der Waals surface area contributed by atoms with E-state index in [1.807, 2.05) is 6.92 Å². The highest BCUT2D eigenvalue weighted by Gasteiger charge is 2.11. The number of halogens is 1. The van der Waals surface area contributed by atoms with Crippen LogP contribution in [0.4, 0.5) is 21.7 Å². The van der Waals surface area contributed by atoms with Crippen molar-refractivity contribution in [1.82, 2.24) is 15.0 Å². The van der Waals surface area contributed by atoms with Crippen LogP contribution in [-0.4, -0.2) is 27.5 Å². The van der Waals surface area contributed by atoms with E-state index < -0.39 is 6.67 Å². The zero-order valence-corrected chi connectivity index (χ0v) is 14.6. The lowest BCUT2D eigenvalue weighted by Gasteiger charge is -2.11. The van der Waals surface area contributed by atoms with Crippen LogP contribution in [0, 0.1) is 0 Å². The first-order valence-electron chi connectivity index (χ1n) is 8.31. The molecule has 0 spiro atoms. The summed E-state index contributed by atoms with van der Waals surface area (Å²) < 4.78 is 18.0. The molecule has 0 saturated heterocycles. The largest absolute Gasteiger partial charge is 0.492 e. The van der Waals surface area contributed by atoms with E-state index in [1.165, 1.54) is 18.6 Å². The third-order valence-corrected chi connectivity index (χ3v) is 3.59. The molecule has 0 bridgehead atoms. The molecule has 3 aromatic heterocycles. The van der Waals surface area contributed by atoms with Crippen LogP contribution in [0.2, 0.25) is 0 Å². The van der Waals surface area contributed by atoms with Gasteiger partial charge < -0.3 is 15.4 Å². The lowest BCUT2D eigenvalue weighted by atomic mass is 10.2. The molecule has 7 nitrogen and oxygen atoms in total. The molecule has 0 aliphatic heterocycles. The number of hydrogen-bond acceptors (Lipinski definition) is 6. The summed E-state index contributed by atoms with van der Waals surface area (Å²) in [5.74, 6) is 1.17. The minimum atomic E-state index is -0.570. The molecule has 0 saturated carbocycles. The lowest BCUT2D eigenvalue weighted by Crippen LogP contribution is -2.13. The number of hydrogen-bond donors (Lipinski definition) is 2. The average molecular weight is 367 g/mol. The quantitative estimate of drug-likeness (QED) is 0.661. The SMILES string of the molecule is CCOc1ccncc1NC(=O)c1ccnc(Nc2ccc(CF)cn2)c1. The molecule has 3 aromatic rings. The second-order valence-electron chi connectivity index (χ2n) is 5.50. The van der Waals surface area contributed by atoms with Gasteiger partial charge >= 0.3 is 0 Å². The summed E-state index contributed by atoms with van der Waals surface area (Å²) in [7, 11) is 0. The van der Waals surface area contributed by atoms with Crippen LogP contribution in [-0.2, 0) is 6.67 Å². The number of alkyl halides is 1. The van der Waals surface area contributed by atoms with Gasteiger partial charge in [0.15, 0.2) is 0 Å². The third kappa shape index (κ3) is 4.75. The van der Waals surface area contributed by atoms with Crippen molar-refractivity contribution >= 4 is 23.2 Å². The number of pyridine rings is 3. The summed E-state index contributed by atoms with van der Waals surface area (Å²) in [4.78, 5) is 24.8. The van der Waals surface area contributed by atoms with Gasteiger partial charge in [-0.05, 0) is 25.1 Å². The van der Waals surface area contributed by atoms with Crippen molar-refractivity contribution < 1.29 is 13.9 Å². The Morgan fingerprint density at radius 2 is 2.00 bits per heavy atom. The summed E-state index contributed by atoms with van der Waals surface area (Å²) in [5.41, 5.74) is 1.38. The molecule has 27 heavy (non-hydrogen) atoms. The second-order valence-corrected chi connectivity index (χ2v) is 5.50. The molecule has 8 heteroatoms. The number of anilines is 3. The van der Waals surface area contributed by atoms with Crippen LogP contribution in [0.5, 0.6) is 5.75 Å². The minimum Gasteiger partial charge on any atom is -0.492 e. The fraction of sp³-hybridized carbons (Fsp3) is 0.158. The highest BCUT2D eigenvalue weighted by Crippen LogP contribution is 2.23. The molecular weight excluding hydrogens is 349 g/mol. The lowest BCUT2D eigenvalue weighted by molar-refractivity contribution is 0.102. The van der Waals surface area contributed by atoms with Crippen molar-refractivity contribution in [2.75, 3.05) is 17.2 Å². The van der Waals surface area contributed by atoms with Gasteiger partial charge in [-0.1, -0.05) is 6.07 Å². The maximum atomic E-state index is 12.6. The van der Waals surface area contributed by atoms with Crippen molar-refractivity contribution in [3.8, 4) is 5.75 Å². The van der Waals surface area contributed by atoms with Gasteiger partial charge in [-0.2, -0.15) is 0 Å². The molecule has 138 valence electrons. The Labute approximate surface area is 155 Å². The zero-order valence-electron chi connectivity index (χ0n) is 14.6. The number of nitrogens with one attached hydrogen (secondary N) is 2. The van der Waals surface area contributed by atoms with E-state index in [-0.39, 0.29) is 5.91 Å². The van der Waals surface area contributed by atoms with Crippen molar-refractivity contribution in [3.63, 3.8) is 0 Å². The van der Waals surface area contributed by atoms with Gasteiger partial charge in [0, 0.05) is 35.8 Å². The summed E-state index contributed by atoms with van der Waals surface area (Å²) in [6.45, 7) is 1.77. The Balaban J connectivity index is 1.73. The van der Waals surface area contributed by atoms with Crippen LogP contribution in [0.1, 0.15) is 22.8 Å². The van der Waals surface area contributed by atoms with Crippen molar-refractivity contribution in [1.29, 1.82) is 0 Å². The number of nitrogens with zero attached hydrogens (tertiary/aromatic N) is 3. The van der Waals surface area contributed by atoms with Crippen LogP contribution in [0.15, 0.2) is 55.1 Å². The van der Waals surface area contributed by atoms with Crippen molar-refractivity contribution in [2.45, 2.75) is 13.6 Å². The Bertz CT molecular complexity index is 918. The molecule has 0 fully saturated rings. The van der Waals surface area contributed by atoms with Gasteiger partial charge in [0.25, 0.3) is 5.91 Å². The predicted molar refractivity (Wildman–Crippen MR) is 99.9 cm³/mol. The van der Waals surface area contributed by atoms with E-state index >= 15 is 0 Å². The maximum absolute atomic E-state index is 12.6. The summed E-state index contributed by atoms with van der Waals surface area (Å²) in [6, 6.07) is 8.15. The fourth-order valence-corrected chi connectivity index (χ4v) is 2.30. The molecule has 1 amide bonds. The smallest absolute Gasteiger partial charge is 0.255 e. The van der Waals surface area contributed by atoms with E-state index in [0.29, 0.717) is 40.8 Å². The molecule has 0 atom stereocenters. The fourth-order valence-electron chi connectivity index (χ4n) is 2.30. The minimum absolute atomic E-state index is 0.324. The van der Waals surface area contributed by atoms with Crippen LogP contribution in [0.25, 0.3) is 0 Å². The Kier molecular flexibility index (Phi) is 5.88. The molecule has 3 heterocycles. The van der Waals surface area contributed by atoms with Gasteiger partial charge in [0.2, 0.25) is 0 Å². The van der Waals surface area contributed by atoms with Crippen LogP contribution in [0.3, 0.4) is 0 Å². The molecule has 0 aliphatic rings. The number of ether oxygens (including phenoxy) is 1. The van der Waals surface area contributed by atoms with E-state index in [9.17, 15) is 9.18 Å². The van der Waals surface area contributed by atoms with Crippen LogP contribution >= 0.6 is 0 Å². The highest BCUT2D eigenvalue weighted by atomic mass is 19.1. The second kappa shape index (κ2) is 8.70. The Morgan fingerprint density at radius 1 is 1.11 bits per heavy atom. The van der Waals surface area contributed by atoms with Crippen molar-refractivity contribution in [2.24, 2.45) is 0 Å². The first-order chi connectivity index (χ1) is 13.2. The molecular formula is C19H18FN5O2. The van der Waals surface area contributed by atoms with E-state index in [2.05, 4.69) is 25.6 Å². The number of amides is 1. The number of carbonyl (C=O) groups is 1. The topological polar surface area (TPSA) is 89.0 Å². The summed E-state index contributed by atoms with van der Waals surface area (Å²) >= 11 is 0. The van der Waals surface area contributed by atoms with Gasteiger partial charge in [0.05, 0.1) is 12.8 Å². The maximum Gasteiger partial charge on any atom is 0.255 e. The predicted octanol–water partition coefficient (Wildman–Crippen LogP) is 3.74. The monoisotopic (exact) mass is 367 g/mol. The first-order valence-corrected chi connectivity index (χ1v) is 8.31. The summed E-state index contributed by atoms with van der Waals surface area (Å²) in [5, 5.41) is 5.76. The molecule has 0 aromatic carbocycles. The van der Waals surface area contributed by atoms with Gasteiger partial charge in [-0.3, -0.25) is 9.78 Å². The van der Waals surface area contributed by atoms with Gasteiger partial charge in [0.1, 0.15) is 29.7 Å². The average Bonchev–Trinajstić information content (AvgIpc) is 2.70. The van der Waals surface area contributed by atoms with Gasteiger partial charge in [-0.15, -0.1) is 0 Å². The molecule has 3 rings (SSSR count). The standard InChI is InChI=1S/C19H18FN5O2/c1-2-27-16-6-7-21-12-15(16)24-19(26)14-5-8-22-18(9-14)25-17-4-3-13(10-20)11-23-17/h3-9,11-12H,2,10H2,1H3,(H,24,26)(H,22,23,25). The zero-order chi connectivity index (χ0) is 19.1. The van der Waals surface area contributed by atoms with Crippen LogP contribution < -0.4 is 15.4 Å². The van der Waals surface area contributed by atoms with E-state index in [1.54, 1.807) is 36.5 Å². The molecule has 0 aliphatic carbocycles. The Hall–Kier alpha value is -3.55.